The van der Waals surface area contributed by atoms with Crippen LogP contribution in [0, 0.1) is 5.92 Å². The number of rotatable bonds is 8. The molecule has 0 spiro atoms. The Morgan fingerprint density at radius 3 is 2.69 bits per heavy atom. The van der Waals surface area contributed by atoms with Crippen molar-refractivity contribution in [2.75, 3.05) is 26.9 Å². The number of carbonyl (C=O) groups excluding carboxylic acids is 1. The van der Waals surface area contributed by atoms with E-state index in [4.69, 9.17) is 24.1 Å². The molecule has 29 heavy (non-hydrogen) atoms. The molecule has 8 nitrogen and oxygen atoms in total. The van der Waals surface area contributed by atoms with E-state index in [1.165, 1.54) is 0 Å². The Bertz CT molecular complexity index is 639. The molecule has 0 aliphatic carbocycles. The molecule has 1 heterocycles. The zero-order valence-corrected chi connectivity index (χ0v) is 17.2. The van der Waals surface area contributed by atoms with Gasteiger partial charge in [-0.05, 0) is 32.3 Å². The van der Waals surface area contributed by atoms with Gasteiger partial charge in [-0.2, -0.15) is 0 Å². The molecule has 0 radical (unpaired) electrons. The van der Waals surface area contributed by atoms with E-state index in [9.17, 15) is 9.59 Å². The second-order valence-electron chi connectivity index (χ2n) is 7.30. The van der Waals surface area contributed by atoms with Crippen molar-refractivity contribution in [2.45, 2.75) is 51.0 Å². The SMILES string of the molecule is COC(C)CCO[C@@H]1[C@@H](Cc2ccccc2)COC[C@H](NC(=O)O)C(=O)O[C@H]1C. The Hall–Kier alpha value is -2.16. The molecule has 8 heteroatoms. The van der Waals surface area contributed by atoms with Crippen molar-refractivity contribution in [3.63, 3.8) is 0 Å². The summed E-state index contributed by atoms with van der Waals surface area (Å²) < 4.78 is 22.7. The highest BCUT2D eigenvalue weighted by atomic mass is 16.6. The Morgan fingerprint density at radius 2 is 2.03 bits per heavy atom. The van der Waals surface area contributed by atoms with Crippen LogP contribution in [-0.2, 0) is 30.2 Å². The lowest BCUT2D eigenvalue weighted by Gasteiger charge is -2.31. The van der Waals surface area contributed by atoms with E-state index in [1.807, 2.05) is 37.3 Å². The predicted molar refractivity (Wildman–Crippen MR) is 106 cm³/mol. The number of hydrogen-bond donors (Lipinski definition) is 2. The van der Waals surface area contributed by atoms with Gasteiger partial charge in [-0.25, -0.2) is 9.59 Å². The number of hydrogen-bond acceptors (Lipinski definition) is 6. The number of nitrogens with one attached hydrogen (secondary N) is 1. The summed E-state index contributed by atoms with van der Waals surface area (Å²) in [7, 11) is 1.65. The van der Waals surface area contributed by atoms with Gasteiger partial charge in [0.15, 0.2) is 6.04 Å². The van der Waals surface area contributed by atoms with Crippen LogP contribution in [-0.4, -0.2) is 68.5 Å². The van der Waals surface area contributed by atoms with Crippen molar-refractivity contribution in [1.82, 2.24) is 5.32 Å². The number of amides is 1. The molecule has 1 fully saturated rings. The molecular formula is C21H31NO7. The van der Waals surface area contributed by atoms with Crippen molar-refractivity contribution >= 4 is 12.1 Å². The quantitative estimate of drug-likeness (QED) is 0.635. The number of carboxylic acid groups (broad SMARTS) is 1. The smallest absolute Gasteiger partial charge is 0.405 e. The Morgan fingerprint density at radius 1 is 1.31 bits per heavy atom. The van der Waals surface area contributed by atoms with Crippen molar-refractivity contribution in [1.29, 1.82) is 0 Å². The first-order valence-corrected chi connectivity index (χ1v) is 9.86. The minimum atomic E-state index is -1.30. The van der Waals surface area contributed by atoms with E-state index in [1.54, 1.807) is 14.0 Å². The first-order chi connectivity index (χ1) is 13.9. The van der Waals surface area contributed by atoms with Crippen LogP contribution in [0.15, 0.2) is 30.3 Å². The van der Waals surface area contributed by atoms with Gasteiger partial charge in [0.2, 0.25) is 0 Å². The van der Waals surface area contributed by atoms with Gasteiger partial charge in [0.05, 0.1) is 25.4 Å². The summed E-state index contributed by atoms with van der Waals surface area (Å²) in [5.41, 5.74) is 1.12. The van der Waals surface area contributed by atoms with Crippen LogP contribution in [0.2, 0.25) is 0 Å². The molecule has 5 atom stereocenters. The minimum Gasteiger partial charge on any atom is -0.465 e. The van der Waals surface area contributed by atoms with Crippen molar-refractivity contribution < 1.29 is 33.6 Å². The number of carbonyl (C=O) groups is 2. The molecule has 2 N–H and O–H groups in total. The highest BCUT2D eigenvalue weighted by molar-refractivity contribution is 5.81. The van der Waals surface area contributed by atoms with E-state index in [0.717, 1.165) is 5.56 Å². The Balaban J connectivity index is 2.16. The van der Waals surface area contributed by atoms with E-state index in [2.05, 4.69) is 5.32 Å². The fourth-order valence-electron chi connectivity index (χ4n) is 3.32. The van der Waals surface area contributed by atoms with Gasteiger partial charge in [0, 0.05) is 19.6 Å². The third-order valence-corrected chi connectivity index (χ3v) is 5.01. The van der Waals surface area contributed by atoms with Crippen LogP contribution in [0.1, 0.15) is 25.8 Å². The summed E-state index contributed by atoms with van der Waals surface area (Å²) in [6, 6.07) is 8.88. The summed E-state index contributed by atoms with van der Waals surface area (Å²) in [5, 5.41) is 11.1. The highest BCUT2D eigenvalue weighted by Crippen LogP contribution is 2.23. The average molecular weight is 409 g/mol. The zero-order valence-electron chi connectivity index (χ0n) is 17.2. The molecule has 0 saturated carbocycles. The molecule has 1 aromatic carbocycles. The third kappa shape index (κ3) is 7.64. The van der Waals surface area contributed by atoms with Crippen LogP contribution < -0.4 is 5.32 Å². The van der Waals surface area contributed by atoms with Crippen molar-refractivity contribution in [2.24, 2.45) is 5.92 Å². The minimum absolute atomic E-state index is 0.0529. The first-order valence-electron chi connectivity index (χ1n) is 9.86. The molecule has 1 saturated heterocycles. The van der Waals surface area contributed by atoms with Gasteiger partial charge >= 0.3 is 12.1 Å². The number of benzene rings is 1. The van der Waals surface area contributed by atoms with Crippen LogP contribution in [0.4, 0.5) is 4.79 Å². The van der Waals surface area contributed by atoms with Crippen molar-refractivity contribution in [3.05, 3.63) is 35.9 Å². The Kier molecular flexibility index (Phi) is 9.37. The summed E-state index contributed by atoms with van der Waals surface area (Å²) in [5.74, 6) is -0.735. The number of methoxy groups -OCH3 is 1. The summed E-state index contributed by atoms with van der Waals surface area (Å²) in [4.78, 5) is 23.4. The van der Waals surface area contributed by atoms with Gasteiger partial charge in [-0.1, -0.05) is 30.3 Å². The third-order valence-electron chi connectivity index (χ3n) is 5.01. The largest absolute Gasteiger partial charge is 0.465 e. The number of esters is 1. The summed E-state index contributed by atoms with van der Waals surface area (Å²) in [6.07, 6.45) is -0.817. The number of ether oxygens (including phenoxy) is 4. The van der Waals surface area contributed by atoms with E-state index in [0.29, 0.717) is 26.1 Å². The topological polar surface area (TPSA) is 103 Å². The van der Waals surface area contributed by atoms with Gasteiger partial charge in [-0.15, -0.1) is 0 Å². The highest BCUT2D eigenvalue weighted by Gasteiger charge is 2.35. The molecule has 1 amide bonds. The summed E-state index contributed by atoms with van der Waals surface area (Å²) >= 11 is 0. The molecule has 0 bridgehead atoms. The molecule has 1 aliphatic rings. The molecule has 0 aromatic heterocycles. The Labute approximate surface area is 171 Å². The van der Waals surface area contributed by atoms with Gasteiger partial charge in [-0.3, -0.25) is 0 Å². The lowest BCUT2D eigenvalue weighted by molar-refractivity contribution is -0.160. The van der Waals surface area contributed by atoms with Crippen LogP contribution >= 0.6 is 0 Å². The first kappa shape index (κ1) is 23.1. The van der Waals surface area contributed by atoms with Gasteiger partial charge in [0.25, 0.3) is 0 Å². The van der Waals surface area contributed by atoms with Crippen LogP contribution in [0.5, 0.6) is 0 Å². The molecule has 162 valence electrons. The van der Waals surface area contributed by atoms with E-state index >= 15 is 0 Å². The molecule has 1 unspecified atom stereocenters. The molecular weight excluding hydrogens is 378 g/mol. The maximum Gasteiger partial charge on any atom is 0.405 e. The lowest BCUT2D eigenvalue weighted by Crippen LogP contribution is -2.46. The van der Waals surface area contributed by atoms with E-state index in [-0.39, 0.29) is 18.6 Å². The standard InChI is InChI=1S/C21H31NO7/c1-14(26-3)9-10-28-19-15(2)29-20(23)18(22-21(24)25)13-27-12-17(19)11-16-7-5-4-6-8-16/h4-8,14-15,17-19,22H,9-13H2,1-3H3,(H,24,25)/t14?,15-,17-,18-,19-/m0/s1. The average Bonchev–Trinajstić information content (AvgIpc) is 2.73. The molecule has 2 rings (SSSR count). The second kappa shape index (κ2) is 11.7. The van der Waals surface area contributed by atoms with Gasteiger partial charge in [0.1, 0.15) is 6.10 Å². The fraction of sp³-hybridized carbons (Fsp3) is 0.619. The fourth-order valence-corrected chi connectivity index (χ4v) is 3.32. The van der Waals surface area contributed by atoms with Gasteiger partial charge < -0.3 is 29.4 Å². The summed E-state index contributed by atoms with van der Waals surface area (Å²) in [6.45, 7) is 4.41. The predicted octanol–water partition coefficient (Wildman–Crippen LogP) is 2.25. The lowest BCUT2D eigenvalue weighted by atomic mass is 9.91. The van der Waals surface area contributed by atoms with Crippen LogP contribution in [0.3, 0.4) is 0 Å². The maximum absolute atomic E-state index is 12.4. The van der Waals surface area contributed by atoms with Crippen molar-refractivity contribution in [3.8, 4) is 0 Å². The van der Waals surface area contributed by atoms with Crippen LogP contribution in [0.25, 0.3) is 0 Å². The normalized spacial score (nSPS) is 26.5. The molecule has 1 aromatic rings. The second-order valence-corrected chi connectivity index (χ2v) is 7.30. The van der Waals surface area contributed by atoms with E-state index < -0.39 is 30.3 Å². The number of cyclic esters (lactones) is 1. The maximum atomic E-state index is 12.4. The monoisotopic (exact) mass is 409 g/mol. The molecule has 1 aliphatic heterocycles. The zero-order chi connectivity index (χ0) is 21.2.